The van der Waals surface area contributed by atoms with Crippen molar-refractivity contribution in [3.63, 3.8) is 0 Å². The Hall–Kier alpha value is -1.81. The van der Waals surface area contributed by atoms with E-state index in [0.717, 1.165) is 23.6 Å². The SMILES string of the molecule is CN(C)c1cccc([N+]2=C(N)c3ccccc3C2)c1.[Br-]. The van der Waals surface area contributed by atoms with Crippen LogP contribution in [0.25, 0.3) is 0 Å². The van der Waals surface area contributed by atoms with Crippen LogP contribution in [-0.4, -0.2) is 24.5 Å². The van der Waals surface area contributed by atoms with Crippen molar-refractivity contribution >= 4 is 17.2 Å². The predicted molar refractivity (Wildman–Crippen MR) is 79.1 cm³/mol. The van der Waals surface area contributed by atoms with Crippen LogP contribution < -0.4 is 27.6 Å². The zero-order valence-corrected chi connectivity index (χ0v) is 13.3. The van der Waals surface area contributed by atoms with Crippen LogP contribution in [0.2, 0.25) is 0 Å². The molecule has 0 bridgehead atoms. The number of halogens is 1. The number of nitrogens with two attached hydrogens (primary N) is 1. The smallest absolute Gasteiger partial charge is 0.280 e. The van der Waals surface area contributed by atoms with Gasteiger partial charge in [-0.1, -0.05) is 24.3 Å². The molecule has 0 spiro atoms. The van der Waals surface area contributed by atoms with E-state index in [0.29, 0.717) is 0 Å². The first-order chi connectivity index (χ1) is 9.16. The van der Waals surface area contributed by atoms with Crippen molar-refractivity contribution in [3.05, 3.63) is 59.7 Å². The molecule has 1 heterocycles. The molecule has 0 atom stereocenters. The highest BCUT2D eigenvalue weighted by atomic mass is 79.9. The second-order valence-electron chi connectivity index (χ2n) is 5.04. The third kappa shape index (κ3) is 2.43. The Labute approximate surface area is 130 Å². The number of hydrogen-bond donors (Lipinski definition) is 1. The average molecular weight is 332 g/mol. The Morgan fingerprint density at radius 3 is 2.50 bits per heavy atom. The molecule has 1 aliphatic rings. The second-order valence-corrected chi connectivity index (χ2v) is 5.04. The molecule has 0 unspecified atom stereocenters. The van der Waals surface area contributed by atoms with Gasteiger partial charge in [0.1, 0.15) is 12.2 Å². The lowest BCUT2D eigenvalue weighted by Crippen LogP contribution is -3.00. The highest BCUT2D eigenvalue weighted by Gasteiger charge is 2.25. The van der Waals surface area contributed by atoms with E-state index in [4.69, 9.17) is 5.73 Å². The van der Waals surface area contributed by atoms with Gasteiger partial charge < -0.3 is 21.9 Å². The van der Waals surface area contributed by atoms with Gasteiger partial charge in [-0.25, -0.2) is 4.58 Å². The fourth-order valence-electron chi connectivity index (χ4n) is 2.48. The molecule has 2 N–H and O–H groups in total. The third-order valence-corrected chi connectivity index (χ3v) is 3.57. The molecule has 1 aliphatic heterocycles. The Morgan fingerprint density at radius 1 is 1.05 bits per heavy atom. The minimum atomic E-state index is 0. The first-order valence-corrected chi connectivity index (χ1v) is 6.42. The van der Waals surface area contributed by atoms with Gasteiger partial charge in [0.2, 0.25) is 0 Å². The summed E-state index contributed by atoms with van der Waals surface area (Å²) in [7, 11) is 4.09. The van der Waals surface area contributed by atoms with Gasteiger partial charge in [0.25, 0.3) is 5.84 Å². The summed E-state index contributed by atoms with van der Waals surface area (Å²) >= 11 is 0. The van der Waals surface area contributed by atoms with E-state index in [2.05, 4.69) is 51.9 Å². The average Bonchev–Trinajstić information content (AvgIpc) is 2.77. The Balaban J connectivity index is 0.00000147. The summed E-state index contributed by atoms with van der Waals surface area (Å²) < 4.78 is 2.16. The maximum absolute atomic E-state index is 6.28. The van der Waals surface area contributed by atoms with Gasteiger partial charge >= 0.3 is 0 Å². The normalized spacial score (nSPS) is 12.9. The number of hydrogen-bond acceptors (Lipinski definition) is 2. The maximum Gasteiger partial charge on any atom is 0.280 e. The zero-order valence-electron chi connectivity index (χ0n) is 11.7. The van der Waals surface area contributed by atoms with E-state index in [1.165, 1.54) is 11.3 Å². The Bertz CT molecular complexity index is 662. The largest absolute Gasteiger partial charge is 1.00 e. The lowest BCUT2D eigenvalue weighted by molar-refractivity contribution is -0.453. The van der Waals surface area contributed by atoms with E-state index >= 15 is 0 Å². The molecule has 0 fully saturated rings. The van der Waals surface area contributed by atoms with E-state index in [1.807, 2.05) is 20.2 Å². The summed E-state index contributed by atoms with van der Waals surface area (Å²) in [5.41, 5.74) is 11.0. The molecular formula is C16H18BrN3. The monoisotopic (exact) mass is 331 g/mol. The van der Waals surface area contributed by atoms with Gasteiger partial charge in [0.05, 0.1) is 5.56 Å². The fraction of sp³-hybridized carbons (Fsp3) is 0.188. The van der Waals surface area contributed by atoms with Crippen molar-refractivity contribution in [2.75, 3.05) is 19.0 Å². The topological polar surface area (TPSA) is 32.3 Å². The molecule has 2 aromatic rings. The van der Waals surface area contributed by atoms with Gasteiger partial charge in [0.15, 0.2) is 0 Å². The van der Waals surface area contributed by atoms with Crippen LogP contribution in [0.1, 0.15) is 11.1 Å². The van der Waals surface area contributed by atoms with Gasteiger partial charge in [0, 0.05) is 31.4 Å². The summed E-state index contributed by atoms with van der Waals surface area (Å²) in [5.74, 6) is 0.839. The highest BCUT2D eigenvalue weighted by Crippen LogP contribution is 2.26. The van der Waals surface area contributed by atoms with Crippen LogP contribution in [0.4, 0.5) is 11.4 Å². The zero-order chi connectivity index (χ0) is 13.4. The van der Waals surface area contributed by atoms with E-state index in [1.54, 1.807) is 0 Å². The number of anilines is 1. The summed E-state index contributed by atoms with van der Waals surface area (Å²) in [6.07, 6.45) is 0. The van der Waals surface area contributed by atoms with Gasteiger partial charge in [-0.2, -0.15) is 0 Å². The molecule has 104 valence electrons. The van der Waals surface area contributed by atoms with Crippen molar-refractivity contribution < 1.29 is 21.6 Å². The molecule has 3 rings (SSSR count). The number of fused-ring (bicyclic) bond motifs is 1. The molecule has 0 saturated heterocycles. The molecule has 20 heavy (non-hydrogen) atoms. The molecule has 4 heteroatoms. The van der Waals surface area contributed by atoms with Crippen LogP contribution in [0, 0.1) is 0 Å². The van der Waals surface area contributed by atoms with Crippen LogP contribution in [0.3, 0.4) is 0 Å². The molecule has 3 nitrogen and oxygen atoms in total. The molecule has 0 aromatic heterocycles. The molecule has 0 saturated carbocycles. The van der Waals surface area contributed by atoms with Gasteiger partial charge in [-0.3, -0.25) is 5.73 Å². The minimum absolute atomic E-state index is 0. The Kier molecular flexibility index (Phi) is 4.14. The molecular weight excluding hydrogens is 314 g/mol. The number of nitrogens with zero attached hydrogens (tertiary/aromatic N) is 2. The summed E-state index contributed by atoms with van der Waals surface area (Å²) in [5, 5.41) is 0. The van der Waals surface area contributed by atoms with E-state index in [9.17, 15) is 0 Å². The predicted octanol–water partition coefficient (Wildman–Crippen LogP) is -0.680. The van der Waals surface area contributed by atoms with Crippen molar-refractivity contribution in [1.82, 2.24) is 0 Å². The van der Waals surface area contributed by atoms with Gasteiger partial charge in [-0.05, 0) is 18.2 Å². The van der Waals surface area contributed by atoms with E-state index in [-0.39, 0.29) is 17.0 Å². The van der Waals surface area contributed by atoms with Crippen molar-refractivity contribution in [1.29, 1.82) is 0 Å². The van der Waals surface area contributed by atoms with Crippen molar-refractivity contribution in [2.24, 2.45) is 5.73 Å². The lowest BCUT2D eigenvalue weighted by atomic mass is 10.1. The summed E-state index contributed by atoms with van der Waals surface area (Å²) in [6, 6.07) is 16.8. The standard InChI is InChI=1S/C16H17N3.BrH/c1-18(2)13-7-5-8-14(10-13)19-11-12-6-3-4-9-15(12)16(19)17;/h3-10,17H,11H2,1-2H3;1H. The van der Waals surface area contributed by atoms with Gasteiger partial charge in [-0.15, -0.1) is 0 Å². The van der Waals surface area contributed by atoms with E-state index < -0.39 is 0 Å². The lowest BCUT2D eigenvalue weighted by Gasteiger charge is -2.13. The number of benzene rings is 2. The number of amidine groups is 1. The molecule has 0 radical (unpaired) electrons. The first kappa shape index (κ1) is 14.6. The summed E-state index contributed by atoms with van der Waals surface area (Å²) in [6.45, 7) is 0.846. The summed E-state index contributed by atoms with van der Waals surface area (Å²) in [4.78, 5) is 2.10. The fourth-order valence-corrected chi connectivity index (χ4v) is 2.48. The van der Waals surface area contributed by atoms with Crippen LogP contribution in [0.5, 0.6) is 0 Å². The molecule has 0 amide bonds. The van der Waals surface area contributed by atoms with Crippen molar-refractivity contribution in [3.8, 4) is 0 Å². The Morgan fingerprint density at radius 2 is 1.80 bits per heavy atom. The van der Waals surface area contributed by atoms with Crippen LogP contribution in [0.15, 0.2) is 48.5 Å². The maximum atomic E-state index is 6.28. The quantitative estimate of drug-likeness (QED) is 0.739. The molecule has 2 aromatic carbocycles. The number of rotatable bonds is 2. The van der Waals surface area contributed by atoms with Crippen LogP contribution in [-0.2, 0) is 6.54 Å². The van der Waals surface area contributed by atoms with Crippen molar-refractivity contribution in [2.45, 2.75) is 6.54 Å². The molecule has 0 aliphatic carbocycles. The third-order valence-electron chi connectivity index (χ3n) is 3.57. The first-order valence-electron chi connectivity index (χ1n) is 6.42. The second kappa shape index (κ2) is 5.67. The minimum Gasteiger partial charge on any atom is -1.00 e. The van der Waals surface area contributed by atoms with Crippen LogP contribution >= 0.6 is 0 Å². The highest BCUT2D eigenvalue weighted by molar-refractivity contribution is 5.97.